The summed E-state index contributed by atoms with van der Waals surface area (Å²) >= 11 is 1.67. The Hall–Kier alpha value is -3.45. The van der Waals surface area contributed by atoms with Crippen molar-refractivity contribution in [2.75, 3.05) is 26.2 Å². The molecular formula is C26H25FN2O3S. The molecule has 1 aliphatic rings. The van der Waals surface area contributed by atoms with Gasteiger partial charge in [-0.05, 0) is 53.3 Å². The van der Waals surface area contributed by atoms with E-state index in [-0.39, 0.29) is 43.4 Å². The first-order valence-electron chi connectivity index (χ1n) is 10.7. The quantitative estimate of drug-likeness (QED) is 0.463. The molecule has 2 amide bonds. The van der Waals surface area contributed by atoms with Gasteiger partial charge in [-0.15, -0.1) is 17.9 Å². The van der Waals surface area contributed by atoms with Crippen LogP contribution in [0.25, 0.3) is 0 Å². The van der Waals surface area contributed by atoms with E-state index in [9.17, 15) is 14.0 Å². The number of carbonyl (C=O) groups excluding carboxylic acids is 2. The molecular weight excluding hydrogens is 439 g/mol. The van der Waals surface area contributed by atoms with Gasteiger partial charge in [-0.2, -0.15) is 0 Å². The largest absolute Gasteiger partial charge is 0.484 e. The summed E-state index contributed by atoms with van der Waals surface area (Å²) in [5, 5.41) is 2.02. The van der Waals surface area contributed by atoms with E-state index >= 15 is 0 Å². The Morgan fingerprint density at radius 3 is 2.64 bits per heavy atom. The predicted molar refractivity (Wildman–Crippen MR) is 127 cm³/mol. The van der Waals surface area contributed by atoms with Gasteiger partial charge >= 0.3 is 0 Å². The highest BCUT2D eigenvalue weighted by Gasteiger charge is 2.33. The smallest absolute Gasteiger partial charge is 0.261 e. The first-order chi connectivity index (χ1) is 16.1. The minimum Gasteiger partial charge on any atom is -0.484 e. The summed E-state index contributed by atoms with van der Waals surface area (Å²) in [7, 11) is 0. The van der Waals surface area contributed by atoms with Gasteiger partial charge in [0.05, 0.1) is 6.04 Å². The number of hydrogen-bond acceptors (Lipinski definition) is 4. The number of rotatable bonds is 8. The molecule has 1 unspecified atom stereocenters. The maximum atomic E-state index is 13.5. The Bertz CT molecular complexity index is 1110. The zero-order chi connectivity index (χ0) is 23.2. The van der Waals surface area contributed by atoms with E-state index in [4.69, 9.17) is 4.74 Å². The van der Waals surface area contributed by atoms with Gasteiger partial charge in [0.2, 0.25) is 5.91 Å². The minimum atomic E-state index is -0.320. The summed E-state index contributed by atoms with van der Waals surface area (Å²) in [6.45, 7) is 4.24. The maximum Gasteiger partial charge on any atom is 0.261 e. The van der Waals surface area contributed by atoms with Gasteiger partial charge in [0, 0.05) is 18.0 Å². The fraction of sp³-hybridized carbons (Fsp3) is 0.231. The standard InChI is InChI=1S/C26H25FN2O3S/c1-2-14-28(25(31)18-32-21-6-4-3-5-7-21)17-24(30)29-15-12-23-22(13-16-33-23)26(29)19-8-10-20(27)11-9-19/h2-11,13,16,26H,1,12,14-15,17-18H2. The molecule has 0 saturated carbocycles. The van der Waals surface area contributed by atoms with E-state index in [1.165, 1.54) is 21.9 Å². The van der Waals surface area contributed by atoms with E-state index in [0.29, 0.717) is 12.3 Å². The van der Waals surface area contributed by atoms with Crippen LogP contribution in [-0.4, -0.2) is 47.9 Å². The number of carbonyl (C=O) groups is 2. The van der Waals surface area contributed by atoms with Crippen LogP contribution >= 0.6 is 11.3 Å². The normalized spacial score (nSPS) is 14.9. The van der Waals surface area contributed by atoms with Gasteiger partial charge in [-0.1, -0.05) is 36.4 Å². The molecule has 2 aromatic carbocycles. The molecule has 5 nitrogen and oxygen atoms in total. The molecule has 3 aromatic rings. The number of thiophene rings is 1. The van der Waals surface area contributed by atoms with Crippen LogP contribution in [0.3, 0.4) is 0 Å². The highest BCUT2D eigenvalue weighted by atomic mass is 32.1. The first kappa shape index (κ1) is 22.7. The average Bonchev–Trinajstić information content (AvgIpc) is 3.32. The predicted octanol–water partition coefficient (Wildman–Crippen LogP) is 4.45. The number of halogens is 1. The summed E-state index contributed by atoms with van der Waals surface area (Å²) in [4.78, 5) is 30.7. The molecule has 0 saturated heterocycles. The van der Waals surface area contributed by atoms with E-state index in [2.05, 4.69) is 6.58 Å². The van der Waals surface area contributed by atoms with E-state index in [1.54, 1.807) is 46.6 Å². The van der Waals surface area contributed by atoms with Gasteiger partial charge < -0.3 is 14.5 Å². The number of ether oxygens (including phenoxy) is 1. The Kier molecular flexibility index (Phi) is 7.19. The van der Waals surface area contributed by atoms with Crippen LogP contribution in [0.2, 0.25) is 0 Å². The molecule has 170 valence electrons. The third-order valence-corrected chi connectivity index (χ3v) is 6.60. The zero-order valence-corrected chi connectivity index (χ0v) is 19.0. The van der Waals surface area contributed by atoms with Gasteiger partial charge in [0.15, 0.2) is 6.61 Å². The van der Waals surface area contributed by atoms with Gasteiger partial charge in [-0.25, -0.2) is 4.39 Å². The molecule has 0 spiro atoms. The highest BCUT2D eigenvalue weighted by molar-refractivity contribution is 7.10. The number of benzene rings is 2. The zero-order valence-electron chi connectivity index (χ0n) is 18.2. The number of hydrogen-bond donors (Lipinski definition) is 0. The first-order valence-corrected chi connectivity index (χ1v) is 11.6. The van der Waals surface area contributed by atoms with Crippen molar-refractivity contribution in [3.63, 3.8) is 0 Å². The van der Waals surface area contributed by atoms with Crippen molar-refractivity contribution in [1.29, 1.82) is 0 Å². The number of para-hydroxylation sites is 1. The minimum absolute atomic E-state index is 0.0832. The molecule has 1 atom stereocenters. The number of amides is 2. The van der Waals surface area contributed by atoms with Gasteiger partial charge in [0.25, 0.3) is 5.91 Å². The van der Waals surface area contributed by atoms with Crippen LogP contribution in [0.15, 0.2) is 78.7 Å². The molecule has 1 aliphatic heterocycles. The van der Waals surface area contributed by atoms with E-state index in [0.717, 1.165) is 17.5 Å². The Morgan fingerprint density at radius 2 is 1.91 bits per heavy atom. The fourth-order valence-electron chi connectivity index (χ4n) is 4.01. The summed E-state index contributed by atoms with van der Waals surface area (Å²) in [6, 6.07) is 17.0. The summed E-state index contributed by atoms with van der Waals surface area (Å²) in [5.74, 6) is -0.193. The van der Waals surface area contributed by atoms with Crippen LogP contribution < -0.4 is 4.74 Å². The van der Waals surface area contributed by atoms with Crippen LogP contribution in [-0.2, 0) is 16.0 Å². The van der Waals surface area contributed by atoms with Crippen LogP contribution in [0, 0.1) is 5.82 Å². The van der Waals surface area contributed by atoms with E-state index in [1.807, 2.05) is 29.6 Å². The monoisotopic (exact) mass is 464 g/mol. The second-order valence-electron chi connectivity index (χ2n) is 7.76. The van der Waals surface area contributed by atoms with Crippen LogP contribution in [0.4, 0.5) is 4.39 Å². The third kappa shape index (κ3) is 5.31. The van der Waals surface area contributed by atoms with Crippen molar-refractivity contribution >= 4 is 23.2 Å². The lowest BCUT2D eigenvalue weighted by Crippen LogP contribution is -2.47. The van der Waals surface area contributed by atoms with Crippen LogP contribution in [0.5, 0.6) is 5.75 Å². The van der Waals surface area contributed by atoms with Crippen molar-refractivity contribution in [2.45, 2.75) is 12.5 Å². The Morgan fingerprint density at radius 1 is 1.15 bits per heavy atom. The molecule has 33 heavy (non-hydrogen) atoms. The molecule has 0 N–H and O–H groups in total. The Labute approximate surface area is 196 Å². The lowest BCUT2D eigenvalue weighted by Gasteiger charge is -2.37. The summed E-state index contributed by atoms with van der Waals surface area (Å²) < 4.78 is 19.1. The molecule has 4 rings (SSSR count). The van der Waals surface area contributed by atoms with E-state index < -0.39 is 0 Å². The summed E-state index contributed by atoms with van der Waals surface area (Å²) in [5.41, 5.74) is 1.90. The fourth-order valence-corrected chi connectivity index (χ4v) is 4.91. The molecule has 7 heteroatoms. The molecule has 2 heterocycles. The van der Waals surface area contributed by atoms with Crippen molar-refractivity contribution < 1.29 is 18.7 Å². The second kappa shape index (κ2) is 10.4. The number of fused-ring (bicyclic) bond motifs is 1. The number of nitrogens with zero attached hydrogens (tertiary/aromatic N) is 2. The molecule has 0 bridgehead atoms. The van der Waals surface area contributed by atoms with Crippen molar-refractivity contribution in [3.05, 3.63) is 101 Å². The topological polar surface area (TPSA) is 49.9 Å². The average molecular weight is 465 g/mol. The van der Waals surface area contributed by atoms with Crippen LogP contribution in [0.1, 0.15) is 22.0 Å². The SMILES string of the molecule is C=CCN(CC(=O)N1CCc2sccc2C1c1ccc(F)cc1)C(=O)COc1ccccc1. The maximum absolute atomic E-state index is 13.5. The molecule has 0 fully saturated rings. The van der Waals surface area contributed by atoms with Crippen molar-refractivity contribution in [3.8, 4) is 5.75 Å². The van der Waals surface area contributed by atoms with Gasteiger partial charge in [0.1, 0.15) is 18.1 Å². The highest BCUT2D eigenvalue weighted by Crippen LogP contribution is 2.37. The second-order valence-corrected chi connectivity index (χ2v) is 8.76. The molecule has 1 aromatic heterocycles. The molecule has 0 aliphatic carbocycles. The third-order valence-electron chi connectivity index (χ3n) is 5.61. The van der Waals surface area contributed by atoms with Crippen molar-refractivity contribution in [1.82, 2.24) is 9.80 Å². The Balaban J connectivity index is 1.51. The van der Waals surface area contributed by atoms with Gasteiger partial charge in [-0.3, -0.25) is 9.59 Å². The summed E-state index contributed by atoms with van der Waals surface area (Å²) in [6.07, 6.45) is 2.35. The van der Waals surface area contributed by atoms with Crippen molar-refractivity contribution in [2.24, 2.45) is 0 Å². The lowest BCUT2D eigenvalue weighted by atomic mass is 9.93. The molecule has 0 radical (unpaired) electrons. The lowest BCUT2D eigenvalue weighted by molar-refractivity contribution is -0.142.